The summed E-state index contributed by atoms with van der Waals surface area (Å²) in [6, 6.07) is 10.4. The maximum Gasteiger partial charge on any atom is 0.263 e. The van der Waals surface area contributed by atoms with Crippen molar-refractivity contribution in [3.8, 4) is 0 Å². The molecular weight excluding hydrogens is 446 g/mol. The number of thiazole rings is 1. The Bertz CT molecular complexity index is 1150. The Balaban J connectivity index is 1.80. The van der Waals surface area contributed by atoms with Gasteiger partial charge in [0.05, 0.1) is 27.8 Å². The molecule has 1 amide bonds. The van der Waals surface area contributed by atoms with Crippen LogP contribution >= 0.6 is 22.9 Å². The van der Waals surface area contributed by atoms with Gasteiger partial charge in [0.1, 0.15) is 0 Å². The highest BCUT2D eigenvalue weighted by molar-refractivity contribution is 7.93. The van der Waals surface area contributed by atoms with Crippen molar-refractivity contribution in [3.63, 3.8) is 0 Å². The number of aliphatic hydroxyl groups excluding tert-OH is 1. The van der Waals surface area contributed by atoms with Gasteiger partial charge in [-0.2, -0.15) is 0 Å². The van der Waals surface area contributed by atoms with E-state index in [1.54, 1.807) is 18.2 Å². The SMILES string of the molecule is CCC(C)C(CO)NC(=O)c1ccc2nc(NS(=O)(=O)c3ccc(Cl)cc3)sc2c1. The highest BCUT2D eigenvalue weighted by Gasteiger charge is 2.20. The molecule has 0 saturated heterocycles. The number of anilines is 1. The molecule has 3 aromatic rings. The van der Waals surface area contributed by atoms with Gasteiger partial charge in [-0.1, -0.05) is 43.2 Å². The Morgan fingerprint density at radius 3 is 2.57 bits per heavy atom. The average molecular weight is 468 g/mol. The molecular formula is C20H22ClN3O4S2. The second-order valence-electron chi connectivity index (χ2n) is 6.91. The highest BCUT2D eigenvalue weighted by atomic mass is 35.5. The molecule has 2 atom stereocenters. The van der Waals surface area contributed by atoms with Crippen LogP contribution in [0.2, 0.25) is 5.02 Å². The van der Waals surface area contributed by atoms with Gasteiger partial charge in [0.15, 0.2) is 5.13 Å². The summed E-state index contributed by atoms with van der Waals surface area (Å²) in [7, 11) is -3.80. The van der Waals surface area contributed by atoms with Crippen molar-refractivity contribution < 1.29 is 18.3 Å². The van der Waals surface area contributed by atoms with E-state index in [-0.39, 0.29) is 34.5 Å². The Morgan fingerprint density at radius 1 is 1.23 bits per heavy atom. The standard InChI is InChI=1S/C20H22ClN3O4S2/c1-3-12(2)17(11-25)22-19(26)13-4-9-16-18(10-13)29-20(23-16)24-30(27,28)15-7-5-14(21)6-8-15/h4-10,12,17,25H,3,11H2,1-2H3,(H,22,26)(H,23,24). The van der Waals surface area contributed by atoms with Crippen LogP contribution in [0.1, 0.15) is 30.6 Å². The summed E-state index contributed by atoms with van der Waals surface area (Å²) >= 11 is 6.94. The number of aromatic nitrogens is 1. The molecule has 0 bridgehead atoms. The number of sulfonamides is 1. The summed E-state index contributed by atoms with van der Waals surface area (Å²) in [6.45, 7) is 3.82. The number of amides is 1. The Labute approximate surface area is 184 Å². The summed E-state index contributed by atoms with van der Waals surface area (Å²) in [6.07, 6.45) is 0.830. The lowest BCUT2D eigenvalue weighted by atomic mass is 9.99. The Hall–Kier alpha value is -2.20. The van der Waals surface area contributed by atoms with Gasteiger partial charge in [0.2, 0.25) is 0 Å². The number of carbonyl (C=O) groups is 1. The smallest absolute Gasteiger partial charge is 0.263 e. The van der Waals surface area contributed by atoms with Gasteiger partial charge in [0, 0.05) is 10.6 Å². The summed E-state index contributed by atoms with van der Waals surface area (Å²) in [5.74, 6) is -0.159. The molecule has 0 aliphatic carbocycles. The van der Waals surface area contributed by atoms with Crippen molar-refractivity contribution in [2.45, 2.75) is 31.2 Å². The zero-order valence-corrected chi connectivity index (χ0v) is 18.8. The third kappa shape index (κ3) is 5.10. The van der Waals surface area contributed by atoms with Crippen LogP contribution < -0.4 is 10.0 Å². The zero-order valence-electron chi connectivity index (χ0n) is 16.4. The summed E-state index contributed by atoms with van der Waals surface area (Å²) in [5.41, 5.74) is 0.992. The number of nitrogens with one attached hydrogen (secondary N) is 2. The molecule has 0 spiro atoms. The van der Waals surface area contributed by atoms with Crippen LogP contribution in [0, 0.1) is 5.92 Å². The second-order valence-corrected chi connectivity index (χ2v) is 10.1. The Morgan fingerprint density at radius 2 is 1.93 bits per heavy atom. The van der Waals surface area contributed by atoms with E-state index in [0.29, 0.717) is 20.8 Å². The van der Waals surface area contributed by atoms with E-state index in [0.717, 1.165) is 17.8 Å². The van der Waals surface area contributed by atoms with E-state index in [1.165, 1.54) is 24.3 Å². The van der Waals surface area contributed by atoms with Crippen LogP contribution in [-0.2, 0) is 10.0 Å². The summed E-state index contributed by atoms with van der Waals surface area (Å²) < 4.78 is 28.2. The van der Waals surface area contributed by atoms with Crippen LogP contribution in [0.4, 0.5) is 5.13 Å². The van der Waals surface area contributed by atoms with E-state index in [9.17, 15) is 18.3 Å². The molecule has 7 nitrogen and oxygen atoms in total. The van der Waals surface area contributed by atoms with Crippen molar-refractivity contribution >= 4 is 54.2 Å². The van der Waals surface area contributed by atoms with Gasteiger partial charge in [-0.15, -0.1) is 0 Å². The highest BCUT2D eigenvalue weighted by Crippen LogP contribution is 2.29. The molecule has 0 saturated carbocycles. The van der Waals surface area contributed by atoms with Crippen LogP contribution in [0.15, 0.2) is 47.4 Å². The number of rotatable bonds is 8. The molecule has 1 heterocycles. The van der Waals surface area contributed by atoms with Crippen LogP contribution in [0.5, 0.6) is 0 Å². The molecule has 0 aliphatic rings. The molecule has 0 aliphatic heterocycles. The molecule has 0 radical (unpaired) electrons. The van der Waals surface area contributed by atoms with E-state index in [2.05, 4.69) is 15.0 Å². The van der Waals surface area contributed by atoms with E-state index < -0.39 is 10.0 Å². The summed E-state index contributed by atoms with van der Waals surface area (Å²) in [4.78, 5) is 16.9. The van der Waals surface area contributed by atoms with Gasteiger partial charge < -0.3 is 10.4 Å². The number of carbonyl (C=O) groups excluding carboxylic acids is 1. The average Bonchev–Trinajstić information content (AvgIpc) is 3.12. The quantitative estimate of drug-likeness (QED) is 0.465. The minimum atomic E-state index is -3.80. The molecule has 2 unspecified atom stereocenters. The maximum atomic E-state index is 12.6. The molecule has 10 heteroatoms. The van der Waals surface area contributed by atoms with Gasteiger partial charge in [0.25, 0.3) is 15.9 Å². The Kier molecular flexibility index (Phi) is 6.97. The fraction of sp³-hybridized carbons (Fsp3) is 0.300. The number of halogens is 1. The first kappa shape index (κ1) is 22.5. The monoisotopic (exact) mass is 467 g/mol. The molecule has 1 aromatic heterocycles. The van der Waals surface area contributed by atoms with E-state index in [4.69, 9.17) is 11.6 Å². The topological polar surface area (TPSA) is 108 Å². The third-order valence-corrected chi connectivity index (χ3v) is 7.51. The zero-order chi connectivity index (χ0) is 21.9. The minimum absolute atomic E-state index is 0.0753. The molecule has 3 rings (SSSR count). The number of fused-ring (bicyclic) bond motifs is 1. The molecule has 3 N–H and O–H groups in total. The van der Waals surface area contributed by atoms with Crippen molar-refractivity contribution in [1.29, 1.82) is 0 Å². The largest absolute Gasteiger partial charge is 0.394 e. The number of hydrogen-bond donors (Lipinski definition) is 3. The predicted molar refractivity (Wildman–Crippen MR) is 120 cm³/mol. The van der Waals surface area contributed by atoms with Crippen molar-refractivity contribution in [1.82, 2.24) is 10.3 Å². The van der Waals surface area contributed by atoms with Crippen molar-refractivity contribution in [2.75, 3.05) is 11.3 Å². The number of benzene rings is 2. The minimum Gasteiger partial charge on any atom is -0.394 e. The lowest BCUT2D eigenvalue weighted by Gasteiger charge is -2.22. The van der Waals surface area contributed by atoms with Gasteiger partial charge in [-0.25, -0.2) is 13.4 Å². The van der Waals surface area contributed by atoms with Gasteiger partial charge in [-0.3, -0.25) is 9.52 Å². The lowest BCUT2D eigenvalue weighted by Crippen LogP contribution is -2.41. The first-order chi connectivity index (χ1) is 14.2. The first-order valence-electron chi connectivity index (χ1n) is 9.34. The molecule has 0 fully saturated rings. The third-order valence-electron chi connectivity index (χ3n) is 4.84. The molecule has 2 aromatic carbocycles. The number of hydrogen-bond acceptors (Lipinski definition) is 6. The fourth-order valence-corrected chi connectivity index (χ4v) is 5.07. The lowest BCUT2D eigenvalue weighted by molar-refractivity contribution is 0.0891. The first-order valence-corrected chi connectivity index (χ1v) is 12.0. The van der Waals surface area contributed by atoms with Crippen molar-refractivity contribution in [2.24, 2.45) is 5.92 Å². The molecule has 160 valence electrons. The van der Waals surface area contributed by atoms with Gasteiger partial charge >= 0.3 is 0 Å². The van der Waals surface area contributed by atoms with Crippen LogP contribution in [-0.4, -0.2) is 37.1 Å². The normalized spacial score (nSPS) is 13.7. The maximum absolute atomic E-state index is 12.6. The molecule has 30 heavy (non-hydrogen) atoms. The fourth-order valence-electron chi connectivity index (χ4n) is 2.80. The van der Waals surface area contributed by atoms with Crippen LogP contribution in [0.25, 0.3) is 10.2 Å². The van der Waals surface area contributed by atoms with E-state index >= 15 is 0 Å². The van der Waals surface area contributed by atoms with Crippen LogP contribution in [0.3, 0.4) is 0 Å². The van der Waals surface area contributed by atoms with Gasteiger partial charge in [-0.05, 0) is 48.4 Å². The van der Waals surface area contributed by atoms with E-state index in [1.807, 2.05) is 13.8 Å². The van der Waals surface area contributed by atoms with Crippen molar-refractivity contribution in [3.05, 3.63) is 53.1 Å². The summed E-state index contributed by atoms with van der Waals surface area (Å²) in [5, 5.41) is 13.0. The predicted octanol–water partition coefficient (Wildman–Crippen LogP) is 3.89. The second kappa shape index (κ2) is 9.30. The number of nitrogens with zero attached hydrogens (tertiary/aromatic N) is 1. The number of aliphatic hydroxyl groups is 1.